The lowest BCUT2D eigenvalue weighted by Gasteiger charge is -2.09. The fraction of sp³-hybridized carbons (Fsp3) is 0.231. The van der Waals surface area contributed by atoms with Crippen LogP contribution in [0.5, 0.6) is 0 Å². The first-order valence-electron chi connectivity index (χ1n) is 5.62. The molecule has 1 heterocycles. The quantitative estimate of drug-likeness (QED) is 0.846. The summed E-state index contributed by atoms with van der Waals surface area (Å²) < 4.78 is 0. The second-order valence-corrected chi connectivity index (χ2v) is 3.68. The van der Waals surface area contributed by atoms with E-state index >= 15 is 0 Å². The van der Waals surface area contributed by atoms with Crippen molar-refractivity contribution in [3.05, 3.63) is 36.0 Å². The second-order valence-electron chi connectivity index (χ2n) is 3.68. The molecule has 0 atom stereocenters. The van der Waals surface area contributed by atoms with Crippen LogP contribution in [0.15, 0.2) is 30.3 Å². The first-order valence-corrected chi connectivity index (χ1v) is 5.62. The standard InChI is InChI=1S/C13H15N3O/c1-3-15-11-8-12(13(17)14-2)16-10-7-5-4-6-9(10)11/h4-8H,3H2,1-2H3,(H,14,17)(H,15,16). The molecule has 2 N–H and O–H groups in total. The number of carbonyl (C=O) groups excluding carboxylic acids is 1. The largest absolute Gasteiger partial charge is 0.385 e. The number of rotatable bonds is 3. The van der Waals surface area contributed by atoms with Crippen LogP contribution in [0, 0.1) is 0 Å². The predicted molar refractivity (Wildman–Crippen MR) is 69.3 cm³/mol. The van der Waals surface area contributed by atoms with Crippen LogP contribution < -0.4 is 10.6 Å². The zero-order chi connectivity index (χ0) is 12.3. The fourth-order valence-corrected chi connectivity index (χ4v) is 1.76. The van der Waals surface area contributed by atoms with Gasteiger partial charge in [-0.2, -0.15) is 0 Å². The van der Waals surface area contributed by atoms with Gasteiger partial charge in [0.15, 0.2) is 0 Å². The summed E-state index contributed by atoms with van der Waals surface area (Å²) in [6, 6.07) is 9.56. The maximum atomic E-state index is 11.6. The fourth-order valence-electron chi connectivity index (χ4n) is 1.76. The second kappa shape index (κ2) is 4.82. The monoisotopic (exact) mass is 229 g/mol. The van der Waals surface area contributed by atoms with Gasteiger partial charge in [0.2, 0.25) is 0 Å². The Morgan fingerprint density at radius 3 is 2.82 bits per heavy atom. The number of carbonyl (C=O) groups is 1. The summed E-state index contributed by atoms with van der Waals surface area (Å²) in [5.41, 5.74) is 2.20. The van der Waals surface area contributed by atoms with E-state index in [2.05, 4.69) is 15.6 Å². The summed E-state index contributed by atoms with van der Waals surface area (Å²) in [5, 5.41) is 6.87. The molecule has 1 aromatic heterocycles. The van der Waals surface area contributed by atoms with E-state index in [0.717, 1.165) is 23.1 Å². The molecule has 88 valence electrons. The molecule has 0 saturated heterocycles. The van der Waals surface area contributed by atoms with Crippen LogP contribution in [0.3, 0.4) is 0 Å². The lowest BCUT2D eigenvalue weighted by Crippen LogP contribution is -2.19. The van der Waals surface area contributed by atoms with E-state index in [1.54, 1.807) is 13.1 Å². The van der Waals surface area contributed by atoms with Crippen molar-refractivity contribution in [1.82, 2.24) is 10.3 Å². The van der Waals surface area contributed by atoms with E-state index in [4.69, 9.17) is 0 Å². The molecule has 0 unspecified atom stereocenters. The summed E-state index contributed by atoms with van der Waals surface area (Å²) in [6.45, 7) is 2.83. The van der Waals surface area contributed by atoms with E-state index in [-0.39, 0.29) is 5.91 Å². The third-order valence-electron chi connectivity index (χ3n) is 2.54. The highest BCUT2D eigenvalue weighted by molar-refractivity contribution is 5.99. The molecule has 1 aromatic carbocycles. The van der Waals surface area contributed by atoms with E-state index in [0.29, 0.717) is 5.69 Å². The molecule has 0 aliphatic rings. The molecule has 1 amide bonds. The number of nitrogens with zero attached hydrogens (tertiary/aromatic N) is 1. The van der Waals surface area contributed by atoms with Crippen LogP contribution in [0.2, 0.25) is 0 Å². The topological polar surface area (TPSA) is 54.0 Å². The predicted octanol–water partition coefficient (Wildman–Crippen LogP) is 2.03. The van der Waals surface area contributed by atoms with Crippen LogP contribution in [0.25, 0.3) is 10.9 Å². The van der Waals surface area contributed by atoms with Gasteiger partial charge in [-0.25, -0.2) is 4.98 Å². The number of pyridine rings is 1. The van der Waals surface area contributed by atoms with Gasteiger partial charge >= 0.3 is 0 Å². The Labute approximate surface area is 100 Å². The third kappa shape index (κ3) is 2.20. The van der Waals surface area contributed by atoms with Crippen molar-refractivity contribution in [2.24, 2.45) is 0 Å². The van der Waals surface area contributed by atoms with Crippen molar-refractivity contribution in [2.45, 2.75) is 6.92 Å². The van der Waals surface area contributed by atoms with Crippen LogP contribution in [-0.4, -0.2) is 24.5 Å². The zero-order valence-electron chi connectivity index (χ0n) is 9.95. The van der Waals surface area contributed by atoms with Gasteiger partial charge in [0, 0.05) is 24.7 Å². The zero-order valence-corrected chi connectivity index (χ0v) is 9.95. The van der Waals surface area contributed by atoms with E-state index in [9.17, 15) is 4.79 Å². The number of amides is 1. The van der Waals surface area contributed by atoms with Crippen molar-refractivity contribution in [3.8, 4) is 0 Å². The highest BCUT2D eigenvalue weighted by Gasteiger charge is 2.09. The number of fused-ring (bicyclic) bond motifs is 1. The first-order chi connectivity index (χ1) is 8.26. The number of anilines is 1. The van der Waals surface area contributed by atoms with Gasteiger partial charge in [0.1, 0.15) is 5.69 Å². The normalized spacial score (nSPS) is 10.2. The third-order valence-corrected chi connectivity index (χ3v) is 2.54. The van der Waals surface area contributed by atoms with Gasteiger partial charge in [0.05, 0.1) is 5.52 Å². The molecule has 17 heavy (non-hydrogen) atoms. The maximum absolute atomic E-state index is 11.6. The highest BCUT2D eigenvalue weighted by atomic mass is 16.1. The van der Waals surface area contributed by atoms with Crippen molar-refractivity contribution >= 4 is 22.5 Å². The number of benzene rings is 1. The van der Waals surface area contributed by atoms with E-state index < -0.39 is 0 Å². The van der Waals surface area contributed by atoms with Gasteiger partial charge in [-0.15, -0.1) is 0 Å². The van der Waals surface area contributed by atoms with Gasteiger partial charge in [-0.1, -0.05) is 18.2 Å². The molecule has 0 fully saturated rings. The number of hydrogen-bond acceptors (Lipinski definition) is 3. The minimum Gasteiger partial charge on any atom is -0.385 e. The van der Waals surface area contributed by atoms with Crippen molar-refractivity contribution < 1.29 is 4.79 Å². The van der Waals surface area contributed by atoms with Crippen molar-refractivity contribution in [3.63, 3.8) is 0 Å². The Kier molecular flexibility index (Phi) is 3.23. The molecule has 0 saturated carbocycles. The van der Waals surface area contributed by atoms with Gasteiger partial charge in [0.25, 0.3) is 5.91 Å². The highest BCUT2D eigenvalue weighted by Crippen LogP contribution is 2.22. The SMILES string of the molecule is CCNc1cc(C(=O)NC)nc2ccccc12. The molecule has 0 aliphatic heterocycles. The molecular formula is C13H15N3O. The maximum Gasteiger partial charge on any atom is 0.269 e. The number of hydrogen-bond donors (Lipinski definition) is 2. The Morgan fingerprint density at radius 2 is 2.12 bits per heavy atom. The molecule has 4 heteroatoms. The van der Waals surface area contributed by atoms with Gasteiger partial charge in [-0.3, -0.25) is 4.79 Å². The molecule has 0 bridgehead atoms. The van der Waals surface area contributed by atoms with Crippen LogP contribution >= 0.6 is 0 Å². The summed E-state index contributed by atoms with van der Waals surface area (Å²) in [7, 11) is 1.60. The first kappa shape index (κ1) is 11.4. The number of nitrogens with one attached hydrogen (secondary N) is 2. The lowest BCUT2D eigenvalue weighted by molar-refractivity contribution is 0.0958. The minimum atomic E-state index is -0.171. The molecule has 0 aliphatic carbocycles. The lowest BCUT2D eigenvalue weighted by atomic mass is 10.1. The number of para-hydroxylation sites is 1. The molecule has 0 radical (unpaired) electrons. The average molecular weight is 229 g/mol. The van der Waals surface area contributed by atoms with Gasteiger partial charge in [-0.05, 0) is 19.1 Å². The smallest absolute Gasteiger partial charge is 0.269 e. The molecular weight excluding hydrogens is 214 g/mol. The van der Waals surface area contributed by atoms with E-state index in [1.165, 1.54) is 0 Å². The Bertz CT molecular complexity index is 551. The number of aromatic nitrogens is 1. The summed E-state index contributed by atoms with van der Waals surface area (Å²) >= 11 is 0. The molecule has 0 spiro atoms. The minimum absolute atomic E-state index is 0.171. The Hall–Kier alpha value is -2.10. The molecule has 2 aromatic rings. The van der Waals surface area contributed by atoms with Crippen LogP contribution in [0.4, 0.5) is 5.69 Å². The van der Waals surface area contributed by atoms with Crippen LogP contribution in [-0.2, 0) is 0 Å². The average Bonchev–Trinajstić information content (AvgIpc) is 2.38. The Balaban J connectivity index is 2.62. The van der Waals surface area contributed by atoms with Crippen molar-refractivity contribution in [2.75, 3.05) is 18.9 Å². The van der Waals surface area contributed by atoms with Gasteiger partial charge < -0.3 is 10.6 Å². The molecule has 2 rings (SSSR count). The summed E-state index contributed by atoms with van der Waals surface area (Å²) in [4.78, 5) is 15.9. The molecule has 4 nitrogen and oxygen atoms in total. The van der Waals surface area contributed by atoms with E-state index in [1.807, 2.05) is 31.2 Å². The Morgan fingerprint density at radius 1 is 1.35 bits per heavy atom. The summed E-state index contributed by atoms with van der Waals surface area (Å²) in [6.07, 6.45) is 0. The van der Waals surface area contributed by atoms with Crippen LogP contribution in [0.1, 0.15) is 17.4 Å². The van der Waals surface area contributed by atoms with Crippen molar-refractivity contribution in [1.29, 1.82) is 0 Å². The summed E-state index contributed by atoms with van der Waals surface area (Å²) in [5.74, 6) is -0.171.